The monoisotopic (exact) mass is 404 g/mol. The summed E-state index contributed by atoms with van der Waals surface area (Å²) in [4.78, 5) is 13.2. The van der Waals surface area contributed by atoms with Crippen LogP contribution in [0.1, 0.15) is 24.1 Å². The van der Waals surface area contributed by atoms with E-state index >= 15 is 0 Å². The Bertz CT molecular complexity index is 944. The molecule has 0 fully saturated rings. The van der Waals surface area contributed by atoms with E-state index in [2.05, 4.69) is 10.6 Å². The third-order valence-corrected chi connectivity index (χ3v) is 4.78. The van der Waals surface area contributed by atoms with Gasteiger partial charge in [0.25, 0.3) is 0 Å². The van der Waals surface area contributed by atoms with E-state index in [1.54, 1.807) is 7.11 Å². The second kappa shape index (κ2) is 11.0. The maximum Gasteiger partial charge on any atom is 0.246 e. The van der Waals surface area contributed by atoms with E-state index in [1.807, 2.05) is 85.8 Å². The standard InChI is InChI=1S/C25H28N2O3/c1-3-30-23-16-10-8-14-21(23)27-25(28)24(20-12-5-4-6-13-20)26-18-17-19-11-7-9-15-22(19)29-2/h4-16,24,26H,3,17-18H2,1-2H3,(H,27,28)/t24-/m0/s1. The van der Waals surface area contributed by atoms with Crippen LogP contribution in [0.2, 0.25) is 0 Å². The third-order valence-electron chi connectivity index (χ3n) is 4.78. The number of hydrogen-bond acceptors (Lipinski definition) is 4. The lowest BCUT2D eigenvalue weighted by atomic mass is 10.0. The molecule has 0 aliphatic carbocycles. The third kappa shape index (κ3) is 5.61. The zero-order chi connectivity index (χ0) is 21.2. The Hall–Kier alpha value is -3.31. The first-order chi connectivity index (χ1) is 14.7. The normalized spacial score (nSPS) is 11.5. The zero-order valence-electron chi connectivity index (χ0n) is 17.4. The summed E-state index contributed by atoms with van der Waals surface area (Å²) in [6.45, 7) is 3.08. The fraction of sp³-hybridized carbons (Fsp3) is 0.240. The zero-order valence-corrected chi connectivity index (χ0v) is 17.4. The number of benzene rings is 3. The summed E-state index contributed by atoms with van der Waals surface area (Å²) in [6.07, 6.45) is 0.746. The summed E-state index contributed by atoms with van der Waals surface area (Å²) in [6, 6.07) is 24.6. The quantitative estimate of drug-likeness (QED) is 0.518. The maximum atomic E-state index is 13.2. The molecule has 3 aromatic carbocycles. The Labute approximate surface area is 178 Å². The van der Waals surface area contributed by atoms with Gasteiger partial charge in [-0.1, -0.05) is 60.7 Å². The molecular formula is C25H28N2O3. The minimum Gasteiger partial charge on any atom is -0.496 e. The number of hydrogen-bond donors (Lipinski definition) is 2. The first kappa shape index (κ1) is 21.4. The molecule has 156 valence electrons. The molecule has 0 unspecified atom stereocenters. The van der Waals surface area contributed by atoms with Crippen LogP contribution in [0.3, 0.4) is 0 Å². The highest BCUT2D eigenvalue weighted by Gasteiger charge is 2.21. The fourth-order valence-electron chi connectivity index (χ4n) is 3.32. The van der Waals surface area contributed by atoms with E-state index in [9.17, 15) is 4.79 Å². The van der Waals surface area contributed by atoms with Crippen LogP contribution in [0.5, 0.6) is 11.5 Å². The summed E-state index contributed by atoms with van der Waals surface area (Å²) in [5, 5.41) is 6.41. The first-order valence-electron chi connectivity index (χ1n) is 10.2. The van der Waals surface area contributed by atoms with E-state index in [0.717, 1.165) is 23.3 Å². The van der Waals surface area contributed by atoms with E-state index in [0.29, 0.717) is 24.6 Å². The molecule has 3 rings (SSSR count). The SMILES string of the molecule is CCOc1ccccc1NC(=O)[C@@H](NCCc1ccccc1OC)c1ccccc1. The molecule has 3 aromatic rings. The average molecular weight is 405 g/mol. The van der Waals surface area contributed by atoms with Crippen molar-refractivity contribution in [1.82, 2.24) is 5.32 Å². The number of nitrogens with one attached hydrogen (secondary N) is 2. The molecule has 0 radical (unpaired) electrons. The number of anilines is 1. The van der Waals surface area contributed by atoms with Gasteiger partial charge in [0.2, 0.25) is 5.91 Å². The lowest BCUT2D eigenvalue weighted by Crippen LogP contribution is -2.34. The Morgan fingerprint density at radius 3 is 2.30 bits per heavy atom. The Morgan fingerprint density at radius 2 is 1.57 bits per heavy atom. The van der Waals surface area contributed by atoms with Crippen LogP contribution in [-0.4, -0.2) is 26.2 Å². The van der Waals surface area contributed by atoms with E-state index < -0.39 is 6.04 Å². The summed E-state index contributed by atoms with van der Waals surface area (Å²) in [5.41, 5.74) is 2.67. The molecule has 2 N–H and O–H groups in total. The Morgan fingerprint density at radius 1 is 0.900 bits per heavy atom. The molecule has 1 amide bonds. The first-order valence-corrected chi connectivity index (χ1v) is 10.2. The van der Waals surface area contributed by atoms with Gasteiger partial charge in [-0.05, 0) is 42.7 Å². The van der Waals surface area contributed by atoms with Crippen molar-refractivity contribution in [3.05, 3.63) is 90.0 Å². The second-order valence-corrected chi connectivity index (χ2v) is 6.78. The minimum atomic E-state index is -0.490. The summed E-state index contributed by atoms with van der Waals surface area (Å²) in [7, 11) is 1.67. The van der Waals surface area contributed by atoms with Crippen molar-refractivity contribution in [3.63, 3.8) is 0 Å². The van der Waals surface area contributed by atoms with Crippen LogP contribution in [0, 0.1) is 0 Å². The molecule has 5 heteroatoms. The van der Waals surface area contributed by atoms with Gasteiger partial charge in [-0.15, -0.1) is 0 Å². The summed E-state index contributed by atoms with van der Waals surface area (Å²) >= 11 is 0. The van der Waals surface area contributed by atoms with Crippen LogP contribution in [0.4, 0.5) is 5.69 Å². The molecule has 0 spiro atoms. The number of methoxy groups -OCH3 is 1. The molecular weight excluding hydrogens is 376 g/mol. The van der Waals surface area contributed by atoms with Gasteiger partial charge in [-0.2, -0.15) is 0 Å². The lowest BCUT2D eigenvalue weighted by Gasteiger charge is -2.20. The number of rotatable bonds is 10. The largest absolute Gasteiger partial charge is 0.496 e. The number of carbonyl (C=O) groups excluding carboxylic acids is 1. The highest BCUT2D eigenvalue weighted by molar-refractivity contribution is 5.96. The van der Waals surface area contributed by atoms with E-state index in [-0.39, 0.29) is 5.91 Å². The van der Waals surface area contributed by atoms with Crippen molar-refractivity contribution in [2.24, 2.45) is 0 Å². The molecule has 5 nitrogen and oxygen atoms in total. The van der Waals surface area contributed by atoms with Gasteiger partial charge in [0, 0.05) is 6.54 Å². The Balaban J connectivity index is 1.74. The molecule has 30 heavy (non-hydrogen) atoms. The van der Waals surface area contributed by atoms with E-state index in [1.165, 1.54) is 0 Å². The van der Waals surface area contributed by atoms with Crippen LogP contribution in [0.15, 0.2) is 78.9 Å². The predicted molar refractivity (Wildman–Crippen MR) is 120 cm³/mol. The smallest absolute Gasteiger partial charge is 0.246 e. The van der Waals surface area contributed by atoms with Crippen LogP contribution in [0.25, 0.3) is 0 Å². The Kier molecular flexibility index (Phi) is 7.86. The van der Waals surface area contributed by atoms with Crippen molar-refractivity contribution >= 4 is 11.6 Å². The van der Waals surface area contributed by atoms with E-state index in [4.69, 9.17) is 9.47 Å². The van der Waals surface area contributed by atoms with Gasteiger partial charge in [-0.25, -0.2) is 0 Å². The van der Waals surface area contributed by atoms with Crippen molar-refractivity contribution in [1.29, 1.82) is 0 Å². The van der Waals surface area contributed by atoms with Gasteiger partial charge in [-0.3, -0.25) is 4.79 Å². The number of para-hydroxylation sites is 3. The van der Waals surface area contributed by atoms with Crippen LogP contribution >= 0.6 is 0 Å². The van der Waals surface area contributed by atoms with Crippen LogP contribution in [-0.2, 0) is 11.2 Å². The van der Waals surface area contributed by atoms with Crippen LogP contribution < -0.4 is 20.1 Å². The molecule has 0 aliphatic rings. The van der Waals surface area contributed by atoms with Gasteiger partial charge in [0.1, 0.15) is 17.5 Å². The van der Waals surface area contributed by atoms with Crippen molar-refractivity contribution in [2.75, 3.05) is 25.6 Å². The number of carbonyl (C=O) groups is 1. The molecule has 0 aliphatic heterocycles. The maximum absolute atomic E-state index is 13.2. The van der Waals surface area contributed by atoms with Gasteiger partial charge >= 0.3 is 0 Å². The predicted octanol–water partition coefficient (Wildman–Crippen LogP) is 4.61. The van der Waals surface area contributed by atoms with Gasteiger partial charge < -0.3 is 20.1 Å². The van der Waals surface area contributed by atoms with Crippen molar-refractivity contribution in [2.45, 2.75) is 19.4 Å². The van der Waals surface area contributed by atoms with Crippen molar-refractivity contribution in [3.8, 4) is 11.5 Å². The molecule has 0 saturated carbocycles. The minimum absolute atomic E-state index is 0.131. The summed E-state index contributed by atoms with van der Waals surface area (Å²) < 4.78 is 11.1. The van der Waals surface area contributed by atoms with Gasteiger partial charge in [0.05, 0.1) is 19.4 Å². The number of ether oxygens (including phenoxy) is 2. The topological polar surface area (TPSA) is 59.6 Å². The molecule has 0 aromatic heterocycles. The highest BCUT2D eigenvalue weighted by atomic mass is 16.5. The fourth-order valence-corrected chi connectivity index (χ4v) is 3.32. The van der Waals surface area contributed by atoms with Gasteiger partial charge in [0.15, 0.2) is 0 Å². The molecule has 0 heterocycles. The van der Waals surface area contributed by atoms with Crippen molar-refractivity contribution < 1.29 is 14.3 Å². The summed E-state index contributed by atoms with van der Waals surface area (Å²) in [5.74, 6) is 1.38. The average Bonchev–Trinajstić information content (AvgIpc) is 2.79. The lowest BCUT2D eigenvalue weighted by molar-refractivity contribution is -0.118. The number of amides is 1. The highest BCUT2D eigenvalue weighted by Crippen LogP contribution is 2.25. The molecule has 1 atom stereocenters. The second-order valence-electron chi connectivity index (χ2n) is 6.78. The molecule has 0 bridgehead atoms. The molecule has 0 saturated heterocycles.